The van der Waals surface area contributed by atoms with Crippen molar-refractivity contribution in [2.45, 2.75) is 105 Å². The maximum absolute atomic E-state index is 14.4. The summed E-state index contributed by atoms with van der Waals surface area (Å²) in [4.78, 5) is 68.0. The van der Waals surface area contributed by atoms with Gasteiger partial charge >= 0.3 is 5.97 Å². The number of hydrogen-bond donors (Lipinski definition) is 3. The molecule has 6 heterocycles. The number of ether oxygens (including phenoxy) is 1. The highest BCUT2D eigenvalue weighted by Gasteiger charge is 2.45. The molecule has 3 N–H and O–H groups in total. The van der Waals surface area contributed by atoms with E-state index in [0.717, 1.165) is 70.5 Å². The number of methoxy groups -OCH3 is 1. The van der Waals surface area contributed by atoms with Crippen LogP contribution in [0.15, 0.2) is 83.4 Å². The van der Waals surface area contributed by atoms with Crippen LogP contribution in [0.2, 0.25) is 0 Å². The summed E-state index contributed by atoms with van der Waals surface area (Å²) in [5.74, 6) is -0.360. The molecule has 3 amide bonds. The van der Waals surface area contributed by atoms with Crippen LogP contribution in [0.4, 0.5) is 0 Å². The van der Waals surface area contributed by atoms with Gasteiger partial charge in [-0.15, -0.1) is 32.9 Å². The Morgan fingerprint density at radius 2 is 1.64 bits per heavy atom. The van der Waals surface area contributed by atoms with Crippen molar-refractivity contribution >= 4 is 63.0 Å². The second-order valence-corrected chi connectivity index (χ2v) is 21.3. The largest absolute Gasteiger partial charge is 0.469 e. The van der Waals surface area contributed by atoms with E-state index in [9.17, 15) is 24.3 Å². The summed E-state index contributed by atoms with van der Waals surface area (Å²) in [7, 11) is 1.36. The first kappa shape index (κ1) is 48.1. The average Bonchev–Trinajstić information content (AvgIpc) is 4.17. The van der Waals surface area contributed by atoms with Gasteiger partial charge in [-0.3, -0.25) is 33.4 Å². The van der Waals surface area contributed by atoms with Crippen molar-refractivity contribution in [3.05, 3.63) is 123 Å². The van der Waals surface area contributed by atoms with Gasteiger partial charge in [-0.1, -0.05) is 81.4 Å². The van der Waals surface area contributed by atoms with Crippen molar-refractivity contribution in [3.63, 3.8) is 0 Å². The van der Waals surface area contributed by atoms with Crippen molar-refractivity contribution < 1.29 is 29.0 Å². The number of aryl methyl sites for hydroxylation is 3. The Morgan fingerprint density at radius 1 is 0.929 bits per heavy atom. The molecule has 1 saturated heterocycles. The van der Waals surface area contributed by atoms with Gasteiger partial charge in [0.2, 0.25) is 17.7 Å². The predicted molar refractivity (Wildman–Crippen MR) is 270 cm³/mol. The van der Waals surface area contributed by atoms with E-state index in [1.54, 1.807) is 27.4 Å². The summed E-state index contributed by atoms with van der Waals surface area (Å²) < 4.78 is 8.62. The van der Waals surface area contributed by atoms with E-state index in [2.05, 4.69) is 39.7 Å². The molecule has 18 heteroatoms. The quantitative estimate of drug-likeness (QED) is 0.103. The lowest BCUT2D eigenvalue weighted by atomic mass is 9.85. The van der Waals surface area contributed by atoms with E-state index >= 15 is 0 Å². The van der Waals surface area contributed by atoms with Crippen LogP contribution in [0.1, 0.15) is 97.1 Å². The molecule has 0 spiro atoms. The van der Waals surface area contributed by atoms with Crippen molar-refractivity contribution in [2.75, 3.05) is 13.7 Å². The number of thiazole rings is 1. The fourth-order valence-corrected chi connectivity index (χ4v) is 11.4. The third-order valence-electron chi connectivity index (χ3n) is 13.3. The molecule has 1 fully saturated rings. The molecule has 7 aromatic rings. The standard InChI is InChI=1S/C52H56N10O6S2/c1-27-30(4)70-51-44(27)45(55-40(22-43(65)68-9)48-58-57-31(5)62(48)51)34-17-15-33(16-18-34)37-11-10-12-39-38(37)24-60(59-39)25-42(64)56-47(52(6,7)8)50(67)61-23-36(63)21-41(61)49(66)54-28(2)32-13-19-35(20-14-32)46-29(3)53-26-69-46/h10-20,24,26,28,36,40-41,47,63H,21-23,25H2,1-9H3,(H,54,66)(H,56,64)/t28-,36+,40-,41-,47+/m0/s1. The molecule has 9 rings (SSSR count). The minimum Gasteiger partial charge on any atom is -0.469 e. The number of carbonyl (C=O) groups is 4. The number of aromatic nitrogens is 6. The highest BCUT2D eigenvalue weighted by atomic mass is 32.1. The normalized spacial score (nSPS) is 17.6. The number of rotatable bonds is 12. The molecular formula is C52H56N10O6S2. The van der Waals surface area contributed by atoms with Crippen LogP contribution in [0, 0.1) is 33.1 Å². The zero-order valence-corrected chi connectivity index (χ0v) is 42.2. The number of nitrogens with one attached hydrogen (secondary N) is 2. The molecule has 16 nitrogen and oxygen atoms in total. The van der Waals surface area contributed by atoms with Gasteiger partial charge in [0.05, 0.1) is 53.0 Å². The van der Waals surface area contributed by atoms with Gasteiger partial charge in [0, 0.05) is 40.6 Å². The summed E-state index contributed by atoms with van der Waals surface area (Å²) in [6.45, 7) is 15.3. The third kappa shape index (κ3) is 9.30. The topological polar surface area (TPSA) is 199 Å². The van der Waals surface area contributed by atoms with E-state index in [-0.39, 0.29) is 37.9 Å². The maximum Gasteiger partial charge on any atom is 0.308 e. The number of hydrogen-bond acceptors (Lipinski definition) is 13. The van der Waals surface area contributed by atoms with Crippen molar-refractivity contribution in [1.82, 2.24) is 45.1 Å². The zero-order chi connectivity index (χ0) is 49.8. The second-order valence-electron chi connectivity index (χ2n) is 19.2. The first-order valence-electron chi connectivity index (χ1n) is 23.2. The van der Waals surface area contributed by atoms with Gasteiger partial charge in [0.25, 0.3) is 0 Å². The Hall–Kier alpha value is -6.89. The van der Waals surface area contributed by atoms with E-state index in [0.29, 0.717) is 17.2 Å². The Balaban J connectivity index is 0.909. The molecule has 0 bridgehead atoms. The number of carbonyl (C=O) groups excluding carboxylic acids is 4. The Labute approximate surface area is 413 Å². The minimum absolute atomic E-state index is 0.00767. The molecule has 362 valence electrons. The van der Waals surface area contributed by atoms with Crippen molar-refractivity contribution in [2.24, 2.45) is 10.4 Å². The molecule has 70 heavy (non-hydrogen) atoms. The first-order chi connectivity index (χ1) is 33.4. The number of benzene rings is 3. The van der Waals surface area contributed by atoms with E-state index in [1.807, 2.05) is 125 Å². The predicted octanol–water partition coefficient (Wildman–Crippen LogP) is 7.53. The fourth-order valence-electron chi connectivity index (χ4n) is 9.37. The van der Waals surface area contributed by atoms with Crippen LogP contribution < -0.4 is 10.6 Å². The number of thiophene rings is 1. The number of aliphatic hydroxyl groups is 1. The van der Waals surface area contributed by atoms with Crippen molar-refractivity contribution in [1.29, 1.82) is 0 Å². The number of aliphatic imine (C=N–C) groups is 1. The van der Waals surface area contributed by atoms with Gasteiger partial charge in [0.15, 0.2) is 5.82 Å². The molecule has 0 unspecified atom stereocenters. The number of esters is 1. The number of fused-ring (bicyclic) bond motifs is 4. The highest BCUT2D eigenvalue weighted by Crippen LogP contribution is 2.40. The summed E-state index contributed by atoms with van der Waals surface area (Å²) in [6.07, 6.45) is 1.01. The lowest BCUT2D eigenvalue weighted by Gasteiger charge is -2.35. The highest BCUT2D eigenvalue weighted by molar-refractivity contribution is 7.15. The first-order valence-corrected chi connectivity index (χ1v) is 24.9. The van der Waals surface area contributed by atoms with Gasteiger partial charge in [-0.2, -0.15) is 5.10 Å². The summed E-state index contributed by atoms with van der Waals surface area (Å²) in [5.41, 5.74) is 10.2. The summed E-state index contributed by atoms with van der Waals surface area (Å²) in [6, 6.07) is 19.0. The van der Waals surface area contributed by atoms with Crippen LogP contribution >= 0.6 is 22.7 Å². The Kier molecular flexibility index (Phi) is 13.2. The lowest BCUT2D eigenvalue weighted by molar-refractivity contribution is -0.144. The molecule has 5 atom stereocenters. The van der Waals surface area contributed by atoms with Crippen LogP contribution in [-0.2, 0) is 30.5 Å². The number of likely N-dealkylation sites (tertiary alicyclic amines) is 1. The molecule has 2 aliphatic rings. The smallest absolute Gasteiger partial charge is 0.308 e. The van der Waals surface area contributed by atoms with E-state index in [4.69, 9.17) is 14.8 Å². The minimum atomic E-state index is -1.01. The third-order valence-corrected chi connectivity index (χ3v) is 15.4. The maximum atomic E-state index is 14.4. The van der Waals surface area contributed by atoms with Gasteiger partial charge < -0.3 is 25.4 Å². The number of amides is 3. The fraction of sp³-hybridized carbons (Fsp3) is 0.365. The second kappa shape index (κ2) is 19.1. The van der Waals surface area contributed by atoms with Crippen molar-refractivity contribution in [3.8, 4) is 26.6 Å². The van der Waals surface area contributed by atoms with Crippen LogP contribution in [0.25, 0.3) is 37.5 Å². The molecule has 0 radical (unpaired) electrons. The van der Waals surface area contributed by atoms with E-state index in [1.165, 1.54) is 12.0 Å². The van der Waals surface area contributed by atoms with E-state index < -0.39 is 47.4 Å². The summed E-state index contributed by atoms with van der Waals surface area (Å²) >= 11 is 3.22. The molecule has 4 aromatic heterocycles. The molecule has 2 aliphatic heterocycles. The lowest BCUT2D eigenvalue weighted by Crippen LogP contribution is -2.58. The van der Waals surface area contributed by atoms with Gasteiger partial charge in [-0.25, -0.2) is 4.98 Å². The number of β-amino-alcohol motifs (C(OH)–C–C–N with tert-alkyl or cyclic N) is 1. The Bertz CT molecular complexity index is 3180. The molecular weight excluding hydrogens is 925 g/mol. The van der Waals surface area contributed by atoms with Crippen LogP contribution in [0.3, 0.4) is 0 Å². The number of nitrogens with zero attached hydrogens (tertiary/aromatic N) is 8. The molecule has 3 aromatic carbocycles. The van der Waals surface area contributed by atoms with Gasteiger partial charge in [-0.05, 0) is 73.9 Å². The average molecular weight is 981 g/mol. The monoisotopic (exact) mass is 980 g/mol. The Morgan fingerprint density at radius 3 is 2.33 bits per heavy atom. The molecule has 0 saturated carbocycles. The zero-order valence-electron chi connectivity index (χ0n) is 40.6. The van der Waals surface area contributed by atoms with Gasteiger partial charge in [0.1, 0.15) is 35.5 Å². The SMILES string of the molecule is COC(=O)C[C@@H]1N=C(c2ccc(-c3cccc4nn(CC(=O)N[C@H](C(=O)N5C[C@H](O)C[C@H]5C(=O)N[C@@H](C)c5ccc(-c6scnc6C)cc5)C(C)(C)C)cc34)cc2)c2c(sc(C)c2C)-n2c(C)nnc21. The number of aliphatic hydroxyl groups excluding tert-OH is 1. The molecule has 0 aliphatic carbocycles. The summed E-state index contributed by atoms with van der Waals surface area (Å²) in [5, 5.41) is 32.2. The van der Waals surface area contributed by atoms with Crippen LogP contribution in [0.5, 0.6) is 0 Å². The van der Waals surface area contributed by atoms with Crippen LogP contribution in [-0.4, -0.2) is 101 Å².